The third-order valence-corrected chi connectivity index (χ3v) is 18.2. The molecule has 3 atom stereocenters. The van der Waals surface area contributed by atoms with E-state index in [1.807, 2.05) is 0 Å². The zero-order chi connectivity index (χ0) is 84.8. The van der Waals surface area contributed by atoms with E-state index in [-0.39, 0.29) is 27.8 Å². The summed E-state index contributed by atoms with van der Waals surface area (Å²) in [6, 6.07) is 22.9. The van der Waals surface area contributed by atoms with Crippen LogP contribution in [0.1, 0.15) is 157 Å². The third-order valence-electron chi connectivity index (χ3n) is 18.2. The maximum absolute atomic E-state index is 15.1. The Morgan fingerprint density at radius 1 is 0.374 bits per heavy atom. The fraction of sp³-hybridized carbons (Fsp3) is 0.361. The Balaban J connectivity index is 0.000000176. The van der Waals surface area contributed by atoms with Crippen LogP contribution in [-0.2, 0) is 93.3 Å². The summed E-state index contributed by atoms with van der Waals surface area (Å²) >= 11 is 0. The lowest BCUT2D eigenvalue weighted by Crippen LogP contribution is -2.30. The molecule has 0 saturated carbocycles. The number of carboxylic acids is 1. The van der Waals surface area contributed by atoms with E-state index in [0.29, 0.717) is 135 Å². The molecule has 8 aromatic carbocycles. The third kappa shape index (κ3) is 20.9. The summed E-state index contributed by atoms with van der Waals surface area (Å²) in [5.74, 6) is -8.63. The SMILES string of the molecule is CC(C)(C)OC(C(=O)O)c1c(C(F)(F)F)ccc(F)c1-c1ccc2c(c1)CCCO2.COC(=O)C(=O)c1c(C(F)(F)F)ccc(F)c1-c1ccc2c(c1)CCCO2.COC(=O)C(O)c1c(C(F)(F)F)ccc(F)c1-c1ccc2c(c1)CCCO2.COC(=O)C(OC(C)(C)C)c1c(C(F)(F)F)ccc(F)c1-c1ccc2c(c1)CCCO2. The molecular formula is C83H76F16O16. The fourth-order valence-corrected chi connectivity index (χ4v) is 13.3. The van der Waals surface area contributed by atoms with Gasteiger partial charge in [0.1, 0.15) is 46.3 Å². The Kier molecular flexibility index (Phi) is 27.3. The van der Waals surface area contributed by atoms with Crippen LogP contribution < -0.4 is 18.9 Å². The molecule has 4 heterocycles. The van der Waals surface area contributed by atoms with Gasteiger partial charge in [-0.15, -0.1) is 0 Å². The van der Waals surface area contributed by atoms with Crippen LogP contribution in [0.25, 0.3) is 44.5 Å². The molecule has 0 amide bonds. The number of aryl methyl sites for hydroxylation is 4. The first-order valence-electron chi connectivity index (χ1n) is 35.5. The van der Waals surface area contributed by atoms with Crippen molar-refractivity contribution in [3.63, 3.8) is 0 Å². The van der Waals surface area contributed by atoms with Gasteiger partial charge in [-0.05, 0) is 234 Å². The molecule has 12 rings (SSSR count). The molecule has 4 aliphatic heterocycles. The number of esters is 3. The summed E-state index contributed by atoms with van der Waals surface area (Å²) in [5.41, 5.74) is -8.94. The number of aliphatic hydroxyl groups is 1. The minimum Gasteiger partial charge on any atom is -0.493 e. The van der Waals surface area contributed by atoms with Crippen LogP contribution in [0.2, 0.25) is 0 Å². The Labute approximate surface area is 648 Å². The number of rotatable bonds is 14. The maximum Gasteiger partial charge on any atom is 0.417 e. The number of hydrogen-bond donors (Lipinski definition) is 2. The number of hydrogen-bond acceptors (Lipinski definition) is 15. The Bertz CT molecular complexity index is 4960. The number of ketones is 1. The van der Waals surface area contributed by atoms with E-state index in [1.54, 1.807) is 45.0 Å². The molecule has 0 saturated heterocycles. The second-order valence-corrected chi connectivity index (χ2v) is 28.4. The van der Waals surface area contributed by atoms with Crippen molar-refractivity contribution in [1.29, 1.82) is 0 Å². The zero-order valence-electron chi connectivity index (χ0n) is 62.9. The number of carboxylic acid groups (broad SMARTS) is 1. The average molecular weight is 1630 g/mol. The van der Waals surface area contributed by atoms with Gasteiger partial charge < -0.3 is 52.8 Å². The number of methoxy groups -OCH3 is 3. The Hall–Kier alpha value is -10.7. The molecule has 115 heavy (non-hydrogen) atoms. The van der Waals surface area contributed by atoms with Crippen LogP contribution in [0.15, 0.2) is 121 Å². The van der Waals surface area contributed by atoms with E-state index in [0.717, 1.165) is 57.8 Å². The lowest BCUT2D eigenvalue weighted by Gasteiger charge is -2.30. The molecule has 0 spiro atoms. The van der Waals surface area contributed by atoms with Crippen LogP contribution in [0, 0.1) is 23.3 Å². The van der Waals surface area contributed by atoms with E-state index in [9.17, 15) is 100 Å². The van der Waals surface area contributed by atoms with Crippen LogP contribution in [0.5, 0.6) is 23.0 Å². The number of aliphatic carboxylic acids is 1. The molecule has 16 nitrogen and oxygen atoms in total. The summed E-state index contributed by atoms with van der Waals surface area (Å²) in [7, 11) is 2.83. The van der Waals surface area contributed by atoms with Gasteiger partial charge in [-0.3, -0.25) is 4.79 Å². The lowest BCUT2D eigenvalue weighted by molar-refractivity contribution is -0.166. The topological polar surface area (TPSA) is 209 Å². The van der Waals surface area contributed by atoms with Gasteiger partial charge in [0.25, 0.3) is 5.78 Å². The largest absolute Gasteiger partial charge is 0.493 e. The highest BCUT2D eigenvalue weighted by molar-refractivity contribution is 6.42. The van der Waals surface area contributed by atoms with Crippen LogP contribution in [-0.4, -0.2) is 98.8 Å². The second-order valence-electron chi connectivity index (χ2n) is 28.4. The van der Waals surface area contributed by atoms with Crippen molar-refractivity contribution in [3.05, 3.63) is 211 Å². The molecule has 0 aliphatic carbocycles. The number of alkyl halides is 12. The molecule has 2 N–H and O–H groups in total. The van der Waals surface area contributed by atoms with Gasteiger partial charge in [-0.2, -0.15) is 52.7 Å². The number of aliphatic hydroxyl groups excluding tert-OH is 1. The maximum atomic E-state index is 15.1. The minimum absolute atomic E-state index is 0.0510. The molecule has 32 heteroatoms. The van der Waals surface area contributed by atoms with Gasteiger partial charge in [-0.1, -0.05) is 24.3 Å². The van der Waals surface area contributed by atoms with E-state index >= 15 is 4.39 Å². The highest BCUT2D eigenvalue weighted by atomic mass is 19.4. The number of Topliss-reactive ketones (excluding diaryl/α,β-unsaturated/α-hetero) is 1. The number of halogens is 16. The molecule has 0 aromatic heterocycles. The number of carbonyl (C=O) groups excluding carboxylic acids is 4. The molecule has 0 bridgehead atoms. The van der Waals surface area contributed by atoms with Crippen molar-refractivity contribution in [2.45, 2.75) is 147 Å². The summed E-state index contributed by atoms with van der Waals surface area (Å²) in [5, 5.41) is 19.9. The Morgan fingerprint density at radius 3 is 0.965 bits per heavy atom. The second kappa shape index (κ2) is 35.6. The molecule has 3 unspecified atom stereocenters. The van der Waals surface area contributed by atoms with Gasteiger partial charge in [-0.25, -0.2) is 36.7 Å². The number of carbonyl (C=O) groups is 5. The van der Waals surface area contributed by atoms with Crippen molar-refractivity contribution in [1.82, 2.24) is 0 Å². The normalized spacial score (nSPS) is 14.7. The number of ether oxygens (including phenoxy) is 9. The minimum atomic E-state index is -4.96. The lowest BCUT2D eigenvalue weighted by atomic mass is 9.89. The highest BCUT2D eigenvalue weighted by Gasteiger charge is 2.46. The quantitative estimate of drug-likeness (QED) is 0.0341. The number of benzene rings is 8. The standard InChI is InChI=1S/C23H24F4O4.C22H22F4O4.C19H16F4O4.C19H14F4O4/c1-22(2,3)31-20(21(28)29-4)19-15(23(25,26)27)8-9-16(24)18(19)14-7-10-17-13(12-14)6-5-11-30-17;1-21(2,3)30-19(20(27)28)18-14(22(24,25)26)7-8-15(23)17(18)13-6-9-16-12(11-13)5-4-10-29-16;2*1-26-18(25)17(24)16-12(19(21,22)23)5-6-13(20)15(16)11-4-7-14-10(9-11)3-2-8-27-14/h7-10,12,20H,5-6,11H2,1-4H3;6-9,11,19H,4-5,10H2,1-3H3,(H,27,28);4-7,9,17,24H,2-3,8H2,1H3;4-7,9H,2-3,8H2,1H3. The monoisotopic (exact) mass is 1630 g/mol. The first-order valence-corrected chi connectivity index (χ1v) is 35.5. The van der Waals surface area contributed by atoms with Crippen molar-refractivity contribution in [2.75, 3.05) is 47.8 Å². The van der Waals surface area contributed by atoms with Crippen molar-refractivity contribution < 1.29 is 147 Å². The molecule has 0 radical (unpaired) electrons. The van der Waals surface area contributed by atoms with Gasteiger partial charge in [0.05, 0.1) is 86.8 Å². The summed E-state index contributed by atoms with van der Waals surface area (Å²) < 4.78 is 270. The van der Waals surface area contributed by atoms with Crippen LogP contribution in [0.3, 0.4) is 0 Å². The van der Waals surface area contributed by atoms with Gasteiger partial charge in [0.15, 0.2) is 18.3 Å². The van der Waals surface area contributed by atoms with Gasteiger partial charge >= 0.3 is 48.6 Å². The van der Waals surface area contributed by atoms with Gasteiger partial charge in [0.2, 0.25) is 0 Å². The van der Waals surface area contributed by atoms with E-state index in [2.05, 4.69) is 9.47 Å². The Morgan fingerprint density at radius 2 is 0.661 bits per heavy atom. The first-order chi connectivity index (χ1) is 53.8. The van der Waals surface area contributed by atoms with E-state index in [1.165, 1.54) is 69.3 Å². The van der Waals surface area contributed by atoms with Crippen molar-refractivity contribution in [2.24, 2.45) is 0 Å². The van der Waals surface area contributed by atoms with E-state index in [4.69, 9.17) is 33.2 Å². The van der Waals surface area contributed by atoms with Crippen LogP contribution in [0.4, 0.5) is 70.2 Å². The summed E-state index contributed by atoms with van der Waals surface area (Å²) in [6.07, 6.45) is -20.3. The molecule has 4 aliphatic rings. The van der Waals surface area contributed by atoms with Crippen molar-refractivity contribution >= 4 is 29.7 Å². The summed E-state index contributed by atoms with van der Waals surface area (Å²) in [4.78, 5) is 60.2. The highest BCUT2D eigenvalue weighted by Crippen LogP contribution is 2.49. The fourth-order valence-electron chi connectivity index (χ4n) is 13.3. The molecule has 0 fully saturated rings. The molecule has 8 aromatic rings. The van der Waals surface area contributed by atoms with Crippen LogP contribution >= 0.6 is 0 Å². The summed E-state index contributed by atoms with van der Waals surface area (Å²) in [6.45, 7) is 11.4. The predicted molar refractivity (Wildman–Crippen MR) is 383 cm³/mol. The molecular weight excluding hydrogens is 1560 g/mol. The number of fused-ring (bicyclic) bond motifs is 4. The molecule has 616 valence electrons. The average Bonchev–Trinajstić information content (AvgIpc) is 0.771. The van der Waals surface area contributed by atoms with Gasteiger partial charge in [0, 0.05) is 38.9 Å². The van der Waals surface area contributed by atoms with Crippen molar-refractivity contribution in [3.8, 4) is 67.5 Å². The predicted octanol–water partition coefficient (Wildman–Crippen LogP) is 19.9. The first kappa shape index (κ1) is 88.2. The smallest absolute Gasteiger partial charge is 0.417 e. The van der Waals surface area contributed by atoms with E-state index < -0.39 is 168 Å². The zero-order valence-corrected chi connectivity index (χ0v) is 62.9.